The van der Waals surface area contributed by atoms with Crippen molar-refractivity contribution in [1.29, 1.82) is 0 Å². The number of nitrogens with zero attached hydrogens (tertiary/aromatic N) is 3. The van der Waals surface area contributed by atoms with E-state index in [1.54, 1.807) is 62.2 Å². The van der Waals surface area contributed by atoms with E-state index >= 15 is 0 Å². The molecule has 1 N–H and O–H groups in total. The number of benzene rings is 1. The number of thiazole rings is 1. The van der Waals surface area contributed by atoms with Crippen LogP contribution in [0.2, 0.25) is 0 Å². The molecule has 35 heavy (non-hydrogen) atoms. The van der Waals surface area contributed by atoms with Crippen molar-refractivity contribution in [2.45, 2.75) is 0 Å². The Labute approximate surface area is 204 Å². The fourth-order valence-electron chi connectivity index (χ4n) is 2.98. The van der Waals surface area contributed by atoms with Crippen molar-refractivity contribution in [2.24, 2.45) is 0 Å². The van der Waals surface area contributed by atoms with E-state index in [4.69, 9.17) is 18.9 Å². The largest absolute Gasteiger partial charge is 0.497 e. The Morgan fingerprint density at radius 3 is 2.66 bits per heavy atom. The molecule has 0 aliphatic carbocycles. The highest BCUT2D eigenvalue weighted by Crippen LogP contribution is 2.35. The number of hydrogen-bond donors (Lipinski definition) is 1. The van der Waals surface area contributed by atoms with Gasteiger partial charge >= 0.3 is 5.97 Å². The van der Waals surface area contributed by atoms with Crippen LogP contribution in [0.15, 0.2) is 66.4 Å². The lowest BCUT2D eigenvalue weighted by Gasteiger charge is -2.09. The van der Waals surface area contributed by atoms with Gasteiger partial charge in [-0.15, -0.1) is 11.3 Å². The van der Waals surface area contributed by atoms with Crippen LogP contribution in [0, 0.1) is 0 Å². The number of carbonyl (C=O) groups is 2. The first-order valence-corrected chi connectivity index (χ1v) is 11.1. The lowest BCUT2D eigenvalue weighted by molar-refractivity contribution is -0.119. The first kappa shape index (κ1) is 23.6. The van der Waals surface area contributed by atoms with Crippen LogP contribution in [0.3, 0.4) is 0 Å². The minimum atomic E-state index is -0.756. The highest BCUT2D eigenvalue weighted by molar-refractivity contribution is 7.14. The average Bonchev–Trinajstić information content (AvgIpc) is 3.36. The molecule has 0 bridgehead atoms. The number of ether oxygens (including phenoxy) is 4. The number of pyridine rings is 2. The van der Waals surface area contributed by atoms with E-state index < -0.39 is 18.5 Å². The fraction of sp³-hybridized carbons (Fsp3) is 0.125. The van der Waals surface area contributed by atoms with E-state index in [2.05, 4.69) is 20.3 Å². The molecule has 4 rings (SSSR count). The number of hydrogen-bond acceptors (Lipinski definition) is 10. The maximum Gasteiger partial charge on any atom is 0.344 e. The zero-order chi connectivity index (χ0) is 24.6. The Morgan fingerprint density at radius 1 is 1.03 bits per heavy atom. The maximum atomic E-state index is 12.6. The quantitative estimate of drug-likeness (QED) is 0.342. The zero-order valence-electron chi connectivity index (χ0n) is 18.8. The van der Waals surface area contributed by atoms with Crippen LogP contribution in [0.25, 0.3) is 11.3 Å². The van der Waals surface area contributed by atoms with Gasteiger partial charge in [0.2, 0.25) is 5.88 Å². The summed E-state index contributed by atoms with van der Waals surface area (Å²) in [5.41, 5.74) is 1.39. The van der Waals surface area contributed by atoms with Crippen LogP contribution >= 0.6 is 11.3 Å². The molecule has 0 saturated heterocycles. The Kier molecular flexibility index (Phi) is 7.48. The van der Waals surface area contributed by atoms with Gasteiger partial charge in [-0.3, -0.25) is 15.1 Å². The third-order valence-corrected chi connectivity index (χ3v) is 5.37. The van der Waals surface area contributed by atoms with Crippen LogP contribution in [0.1, 0.15) is 10.4 Å². The van der Waals surface area contributed by atoms with Crippen molar-refractivity contribution in [3.05, 3.63) is 72.0 Å². The standard InChI is InChI=1S/C24H20N4O6S/c1-31-15-7-8-20(32-2)18(11-15)19-14-35-24(27-19)28-21(29)13-33-23(30)17-6-4-10-26-22(17)34-16-5-3-9-25-12-16/h3-12,14H,13H2,1-2H3,(H,27,28,29). The highest BCUT2D eigenvalue weighted by atomic mass is 32.1. The van der Waals surface area contributed by atoms with E-state index in [9.17, 15) is 9.59 Å². The van der Waals surface area contributed by atoms with Crippen molar-refractivity contribution >= 4 is 28.3 Å². The van der Waals surface area contributed by atoms with Crippen LogP contribution in [-0.2, 0) is 9.53 Å². The Bertz CT molecular complexity index is 1330. The van der Waals surface area contributed by atoms with Crippen LogP contribution < -0.4 is 19.5 Å². The number of amides is 1. The second-order valence-electron chi connectivity index (χ2n) is 6.88. The molecule has 4 aromatic rings. The Hall–Kier alpha value is -4.51. The van der Waals surface area contributed by atoms with E-state index in [1.165, 1.54) is 29.8 Å². The monoisotopic (exact) mass is 492 g/mol. The predicted molar refractivity (Wildman–Crippen MR) is 128 cm³/mol. The molecule has 1 aromatic carbocycles. The minimum Gasteiger partial charge on any atom is -0.497 e. The number of methoxy groups -OCH3 is 2. The van der Waals surface area contributed by atoms with Crippen LogP contribution in [-0.4, -0.2) is 47.7 Å². The summed E-state index contributed by atoms with van der Waals surface area (Å²) in [5.74, 6) is 0.411. The molecular formula is C24H20N4O6S. The molecule has 3 heterocycles. The number of aromatic nitrogens is 3. The van der Waals surface area contributed by atoms with Crippen LogP contribution in [0.5, 0.6) is 23.1 Å². The van der Waals surface area contributed by atoms with Crippen molar-refractivity contribution in [3.63, 3.8) is 0 Å². The molecule has 11 heteroatoms. The summed E-state index contributed by atoms with van der Waals surface area (Å²) >= 11 is 1.22. The third-order valence-electron chi connectivity index (χ3n) is 4.61. The van der Waals surface area contributed by atoms with Gasteiger partial charge in [0.25, 0.3) is 5.91 Å². The summed E-state index contributed by atoms with van der Waals surface area (Å²) in [7, 11) is 3.13. The van der Waals surface area contributed by atoms with Crippen molar-refractivity contribution in [2.75, 3.05) is 26.1 Å². The lowest BCUT2D eigenvalue weighted by Crippen LogP contribution is -2.21. The predicted octanol–water partition coefficient (Wildman–Crippen LogP) is 4.21. The van der Waals surface area contributed by atoms with Crippen molar-refractivity contribution in [3.8, 4) is 34.4 Å². The van der Waals surface area contributed by atoms with Gasteiger partial charge < -0.3 is 18.9 Å². The first-order chi connectivity index (χ1) is 17.1. The van der Waals surface area contributed by atoms with Gasteiger partial charge in [0.15, 0.2) is 11.7 Å². The third kappa shape index (κ3) is 5.89. The first-order valence-electron chi connectivity index (χ1n) is 10.2. The van der Waals surface area contributed by atoms with Gasteiger partial charge in [0.1, 0.15) is 22.8 Å². The van der Waals surface area contributed by atoms with Crippen molar-refractivity contribution in [1.82, 2.24) is 15.0 Å². The van der Waals surface area contributed by atoms with E-state index in [1.807, 2.05) is 0 Å². The number of esters is 1. The molecule has 0 fully saturated rings. The lowest BCUT2D eigenvalue weighted by atomic mass is 10.1. The van der Waals surface area contributed by atoms with Crippen LogP contribution in [0.4, 0.5) is 5.13 Å². The van der Waals surface area contributed by atoms with Gasteiger partial charge in [0, 0.05) is 23.3 Å². The Balaban J connectivity index is 1.38. The number of carbonyl (C=O) groups excluding carboxylic acids is 2. The molecule has 1 amide bonds. The van der Waals surface area contributed by atoms with Gasteiger partial charge in [-0.05, 0) is 42.5 Å². The second kappa shape index (κ2) is 11.1. The van der Waals surface area contributed by atoms with E-state index in [-0.39, 0.29) is 11.4 Å². The molecule has 0 radical (unpaired) electrons. The topological polar surface area (TPSA) is 122 Å². The second-order valence-corrected chi connectivity index (χ2v) is 7.73. The summed E-state index contributed by atoms with van der Waals surface area (Å²) in [6.45, 7) is -0.516. The molecule has 178 valence electrons. The Morgan fingerprint density at radius 2 is 1.89 bits per heavy atom. The number of anilines is 1. The van der Waals surface area contributed by atoms with Gasteiger partial charge in [-0.1, -0.05) is 0 Å². The van der Waals surface area contributed by atoms with Gasteiger partial charge in [0.05, 0.1) is 26.1 Å². The molecule has 0 atom stereocenters. The molecule has 0 aliphatic rings. The maximum absolute atomic E-state index is 12.6. The minimum absolute atomic E-state index is 0.0442. The highest BCUT2D eigenvalue weighted by Gasteiger charge is 2.18. The van der Waals surface area contributed by atoms with E-state index in [0.29, 0.717) is 33.6 Å². The van der Waals surface area contributed by atoms with E-state index in [0.717, 1.165) is 0 Å². The smallest absolute Gasteiger partial charge is 0.344 e. The molecule has 10 nitrogen and oxygen atoms in total. The normalized spacial score (nSPS) is 10.3. The number of nitrogens with one attached hydrogen (secondary N) is 1. The summed E-state index contributed by atoms with van der Waals surface area (Å²) in [6, 6.07) is 11.8. The summed E-state index contributed by atoms with van der Waals surface area (Å²) in [6.07, 6.45) is 4.56. The average molecular weight is 493 g/mol. The number of rotatable bonds is 9. The zero-order valence-corrected chi connectivity index (χ0v) is 19.6. The molecule has 0 spiro atoms. The molecular weight excluding hydrogens is 472 g/mol. The van der Waals surface area contributed by atoms with Gasteiger partial charge in [-0.25, -0.2) is 14.8 Å². The summed E-state index contributed by atoms with van der Waals surface area (Å²) in [5, 5.41) is 4.74. The van der Waals surface area contributed by atoms with Gasteiger partial charge in [-0.2, -0.15) is 0 Å². The summed E-state index contributed by atoms with van der Waals surface area (Å²) in [4.78, 5) is 37.4. The molecule has 0 unspecified atom stereocenters. The molecule has 0 saturated carbocycles. The summed E-state index contributed by atoms with van der Waals surface area (Å²) < 4.78 is 21.4. The fourth-order valence-corrected chi connectivity index (χ4v) is 3.71. The molecule has 0 aliphatic heterocycles. The SMILES string of the molecule is COc1ccc(OC)c(-c2csc(NC(=O)COC(=O)c3cccnc3Oc3cccnc3)n2)c1. The molecule has 3 aromatic heterocycles. The van der Waals surface area contributed by atoms with Crippen molar-refractivity contribution < 1.29 is 28.5 Å².